The number of cyclic esters (lactones) is 1. The molecule has 18 heteroatoms. The fourth-order valence-corrected chi connectivity index (χ4v) is 14.2. The standard InChI is InChI=1S/C47H74O18/c1-21-41(63-36-18-30(50)42(22(2)58-36)64-37-19-31(51)43(23(3)59-37)65-44-40(55)39(54)38(53)33(20-48)62-44)29(49)17-35(57-21)60-25-10-13-45(4)24(16-25)6-7-27-26(45)11-14-46(5)28(12-15-47(27,46)56)32-8-9-34(52)61-32/h8,21-31,33,35-44,48-51,53-56H,6-7,9-20H2,1-5H3/t21-,22-,23-,24-,25+,26?,27-,28+,29+,30+,31+,33-,35?,36+,37+,38-,39+,40-,41-,42-,43-,44-,45+,46-,47+/m1/s1. The molecule has 2 unspecified atom stereocenters. The molecule has 25 atom stereocenters. The van der Waals surface area contributed by atoms with Crippen LogP contribution in [0.25, 0.3) is 0 Å². The van der Waals surface area contributed by atoms with Crippen molar-refractivity contribution in [3.05, 3.63) is 11.8 Å². The Labute approximate surface area is 380 Å². The third-order valence-corrected chi connectivity index (χ3v) is 17.9. The summed E-state index contributed by atoms with van der Waals surface area (Å²) in [4.78, 5) is 12.0. The molecule has 0 aromatic rings. The fraction of sp³-hybridized carbons (Fsp3) is 0.936. The van der Waals surface area contributed by atoms with Crippen LogP contribution in [0.3, 0.4) is 0 Å². The molecule has 65 heavy (non-hydrogen) atoms. The highest BCUT2D eigenvalue weighted by Gasteiger charge is 2.68. The van der Waals surface area contributed by atoms with Crippen LogP contribution >= 0.6 is 0 Å². The van der Waals surface area contributed by atoms with Crippen LogP contribution in [0.4, 0.5) is 0 Å². The molecular formula is C47H74O18. The molecule has 0 bridgehead atoms. The van der Waals surface area contributed by atoms with Crippen molar-refractivity contribution >= 4 is 5.97 Å². The van der Waals surface area contributed by atoms with E-state index in [1.165, 1.54) is 0 Å². The van der Waals surface area contributed by atoms with Gasteiger partial charge in [-0.25, -0.2) is 0 Å². The topological polar surface area (TPSA) is 262 Å². The number of esters is 1. The van der Waals surface area contributed by atoms with Crippen LogP contribution in [0.1, 0.15) is 118 Å². The van der Waals surface area contributed by atoms with Crippen molar-refractivity contribution < 1.29 is 88.3 Å². The van der Waals surface area contributed by atoms with Gasteiger partial charge in [-0.3, -0.25) is 4.79 Å². The average Bonchev–Trinajstić information content (AvgIpc) is 3.80. The Morgan fingerprint density at radius 1 is 0.646 bits per heavy atom. The Kier molecular flexibility index (Phi) is 14.0. The van der Waals surface area contributed by atoms with Gasteiger partial charge in [-0.1, -0.05) is 13.8 Å². The zero-order valence-corrected chi connectivity index (χ0v) is 38.3. The minimum absolute atomic E-state index is 0.0176. The highest BCUT2D eigenvalue weighted by Crippen LogP contribution is 2.70. The molecule has 5 heterocycles. The molecule has 0 amide bonds. The SMILES string of the molecule is C[C@H]1OC(O[C@H]2CC[C@]3(C)C4CC[C@]5(C)[C@H](C6=CCC(=O)O6)CC[C@]5(O)[C@@H]4CC[C@@H]3C2)C[C@H](O)[C@@H]1O[C@H]1C[C@H](O)[C@H](O[C@H]2C[C@H](O)[C@H](O[C@H]3O[C@H](CO)[C@@H](O)[C@H](O)[C@H]3O)[C@@H](C)O2)[C@@H](C)O1. The summed E-state index contributed by atoms with van der Waals surface area (Å²) in [5, 5.41) is 86.5. The predicted molar refractivity (Wildman–Crippen MR) is 224 cm³/mol. The maximum absolute atomic E-state index is 12.6. The van der Waals surface area contributed by atoms with E-state index >= 15 is 0 Å². The number of carbonyl (C=O) groups is 1. The van der Waals surface area contributed by atoms with Crippen molar-refractivity contribution in [1.29, 1.82) is 0 Å². The third kappa shape index (κ3) is 8.79. The van der Waals surface area contributed by atoms with Crippen molar-refractivity contribution in [2.45, 2.75) is 234 Å². The van der Waals surface area contributed by atoms with Gasteiger partial charge < -0.3 is 83.5 Å². The molecule has 0 radical (unpaired) electrons. The predicted octanol–water partition coefficient (Wildman–Crippen LogP) is 1.42. The Hall–Kier alpha value is -1.43. The molecule has 4 saturated heterocycles. The first-order valence-electron chi connectivity index (χ1n) is 24.4. The molecule has 0 aromatic heterocycles. The van der Waals surface area contributed by atoms with Gasteiger partial charge in [0.25, 0.3) is 0 Å². The second kappa shape index (κ2) is 18.7. The number of allylic oxidation sites excluding steroid dienone is 1. The molecule has 8 N–H and O–H groups in total. The number of hydrogen-bond acceptors (Lipinski definition) is 18. The van der Waals surface area contributed by atoms with Gasteiger partial charge in [0, 0.05) is 30.6 Å². The summed E-state index contributed by atoms with van der Waals surface area (Å²) < 4.78 is 54.4. The highest BCUT2D eigenvalue weighted by molar-refractivity contribution is 5.75. The zero-order chi connectivity index (χ0) is 46.3. The molecular weight excluding hydrogens is 852 g/mol. The number of hydrogen-bond donors (Lipinski definition) is 8. The number of aliphatic hydroxyl groups is 8. The Morgan fingerprint density at radius 2 is 1.23 bits per heavy atom. The van der Waals surface area contributed by atoms with E-state index < -0.39 is 117 Å². The monoisotopic (exact) mass is 926 g/mol. The van der Waals surface area contributed by atoms with Crippen LogP contribution < -0.4 is 0 Å². The van der Waals surface area contributed by atoms with Crippen molar-refractivity contribution in [2.24, 2.45) is 34.5 Å². The largest absolute Gasteiger partial charge is 0.431 e. The first-order valence-corrected chi connectivity index (χ1v) is 24.4. The van der Waals surface area contributed by atoms with Gasteiger partial charge >= 0.3 is 5.97 Å². The number of rotatable bonds is 10. The van der Waals surface area contributed by atoms with E-state index in [2.05, 4.69) is 13.8 Å². The van der Waals surface area contributed by atoms with Gasteiger partial charge in [0.05, 0.1) is 61.4 Å². The van der Waals surface area contributed by atoms with E-state index in [1.54, 1.807) is 13.8 Å². The minimum Gasteiger partial charge on any atom is -0.431 e. The van der Waals surface area contributed by atoms with E-state index in [1.807, 2.05) is 13.0 Å². The molecule has 370 valence electrons. The Balaban J connectivity index is 0.730. The van der Waals surface area contributed by atoms with Crippen molar-refractivity contribution in [1.82, 2.24) is 0 Å². The molecule has 4 aliphatic carbocycles. The van der Waals surface area contributed by atoms with E-state index in [-0.39, 0.29) is 54.0 Å². The van der Waals surface area contributed by atoms with Crippen LogP contribution in [-0.2, 0) is 47.4 Å². The number of ether oxygens (including phenoxy) is 9. The van der Waals surface area contributed by atoms with Crippen molar-refractivity contribution in [3.8, 4) is 0 Å². The maximum Gasteiger partial charge on any atom is 0.314 e. The third-order valence-electron chi connectivity index (χ3n) is 17.9. The van der Waals surface area contributed by atoms with Crippen molar-refractivity contribution in [3.63, 3.8) is 0 Å². The van der Waals surface area contributed by atoms with Gasteiger partial charge in [0.15, 0.2) is 25.2 Å². The smallest absolute Gasteiger partial charge is 0.314 e. The van der Waals surface area contributed by atoms with Crippen LogP contribution in [0.15, 0.2) is 11.8 Å². The lowest BCUT2D eigenvalue weighted by atomic mass is 9.43. The minimum atomic E-state index is -1.64. The summed E-state index contributed by atoms with van der Waals surface area (Å²) in [6.45, 7) is 9.23. The lowest BCUT2D eigenvalue weighted by Gasteiger charge is -2.63. The first kappa shape index (κ1) is 48.6. The molecule has 18 nitrogen and oxygen atoms in total. The van der Waals surface area contributed by atoms with Crippen molar-refractivity contribution in [2.75, 3.05) is 6.61 Å². The summed E-state index contributed by atoms with van der Waals surface area (Å²) in [6, 6.07) is 0. The van der Waals surface area contributed by atoms with Gasteiger partial charge in [-0.2, -0.15) is 0 Å². The van der Waals surface area contributed by atoms with Crippen LogP contribution in [0, 0.1) is 34.5 Å². The van der Waals surface area contributed by atoms with Gasteiger partial charge in [-0.05, 0) is 108 Å². The lowest BCUT2D eigenvalue weighted by Crippen LogP contribution is -2.62. The lowest BCUT2D eigenvalue weighted by molar-refractivity contribution is -0.355. The Morgan fingerprint density at radius 3 is 1.78 bits per heavy atom. The molecule has 0 aromatic carbocycles. The molecule has 0 spiro atoms. The first-order chi connectivity index (χ1) is 30.8. The van der Waals surface area contributed by atoms with Crippen LogP contribution in [-0.4, -0.2) is 170 Å². The second-order valence-electron chi connectivity index (χ2n) is 21.5. The van der Waals surface area contributed by atoms with E-state index in [0.717, 1.165) is 63.5 Å². The van der Waals surface area contributed by atoms with Crippen LogP contribution in [0.5, 0.6) is 0 Å². The summed E-state index contributed by atoms with van der Waals surface area (Å²) in [7, 11) is 0. The fourth-order valence-electron chi connectivity index (χ4n) is 14.2. The summed E-state index contributed by atoms with van der Waals surface area (Å²) >= 11 is 0. The second-order valence-corrected chi connectivity index (χ2v) is 21.5. The van der Waals surface area contributed by atoms with Crippen LogP contribution in [0.2, 0.25) is 0 Å². The zero-order valence-electron chi connectivity index (χ0n) is 38.3. The number of aliphatic hydroxyl groups excluding tert-OH is 7. The number of carbonyl (C=O) groups excluding carboxylic acids is 1. The molecule has 8 fully saturated rings. The Bertz CT molecular complexity index is 1680. The van der Waals surface area contributed by atoms with Gasteiger partial charge in [-0.15, -0.1) is 0 Å². The summed E-state index contributed by atoms with van der Waals surface area (Å²) in [5.74, 6) is 1.73. The van der Waals surface area contributed by atoms with Gasteiger partial charge in [0.2, 0.25) is 0 Å². The van der Waals surface area contributed by atoms with Gasteiger partial charge in [0.1, 0.15) is 48.5 Å². The average molecular weight is 927 g/mol. The van der Waals surface area contributed by atoms with E-state index in [4.69, 9.17) is 42.6 Å². The quantitative estimate of drug-likeness (QED) is 0.114. The summed E-state index contributed by atoms with van der Waals surface area (Å²) in [6.07, 6.45) is -6.90. The highest BCUT2D eigenvalue weighted by atomic mass is 16.8. The normalized spacial score (nSPS) is 54.8. The molecule has 5 aliphatic heterocycles. The maximum atomic E-state index is 12.6. The van der Waals surface area contributed by atoms with E-state index in [0.29, 0.717) is 18.3 Å². The summed E-state index contributed by atoms with van der Waals surface area (Å²) in [5.41, 5.74) is -1.01. The molecule has 9 rings (SSSR count). The van der Waals surface area contributed by atoms with E-state index in [9.17, 15) is 45.6 Å². The number of fused-ring (bicyclic) bond motifs is 5. The molecule has 4 saturated carbocycles. The molecule has 9 aliphatic rings.